The Hall–Kier alpha value is -2.31. The second-order valence-electron chi connectivity index (χ2n) is 6.99. The molecule has 3 heterocycles. The highest BCUT2D eigenvalue weighted by atomic mass is 35.5. The highest BCUT2D eigenvalue weighted by Gasteiger charge is 2.15. The van der Waals surface area contributed by atoms with Crippen molar-refractivity contribution < 1.29 is 9.21 Å². The Morgan fingerprint density at radius 1 is 1.25 bits per heavy atom. The average Bonchev–Trinajstić information content (AvgIpc) is 3.31. The lowest BCUT2D eigenvalue weighted by Crippen LogP contribution is -2.29. The average molecular weight is 416 g/mol. The molecule has 0 aliphatic carbocycles. The molecule has 0 bridgehead atoms. The van der Waals surface area contributed by atoms with Crippen LogP contribution in [0.3, 0.4) is 0 Å². The zero-order valence-electron chi connectivity index (χ0n) is 15.7. The van der Waals surface area contributed by atoms with Crippen LogP contribution in [0.5, 0.6) is 0 Å². The normalized spacial score (nSPS) is 14.3. The monoisotopic (exact) mass is 415 g/mol. The minimum atomic E-state index is -0.116. The first-order valence-corrected chi connectivity index (χ1v) is 10.7. The van der Waals surface area contributed by atoms with E-state index >= 15 is 0 Å². The van der Waals surface area contributed by atoms with Gasteiger partial charge in [-0.05, 0) is 56.5 Å². The van der Waals surface area contributed by atoms with E-state index in [4.69, 9.17) is 16.0 Å². The Balaban J connectivity index is 1.38. The van der Waals surface area contributed by atoms with Crippen molar-refractivity contribution in [3.05, 3.63) is 52.2 Å². The van der Waals surface area contributed by atoms with Crippen LogP contribution in [0.4, 0.5) is 11.4 Å². The molecule has 0 radical (unpaired) electrons. The molecule has 1 fully saturated rings. The number of benzene rings is 1. The topological polar surface area (TPSA) is 58.4 Å². The van der Waals surface area contributed by atoms with Crippen molar-refractivity contribution in [3.63, 3.8) is 0 Å². The number of thiazole rings is 1. The lowest BCUT2D eigenvalue weighted by atomic mass is 10.1. The zero-order chi connectivity index (χ0) is 19.5. The number of nitrogens with zero attached hydrogens (tertiary/aromatic N) is 2. The van der Waals surface area contributed by atoms with E-state index in [1.807, 2.05) is 42.6 Å². The predicted molar refractivity (Wildman–Crippen MR) is 114 cm³/mol. The Kier molecular flexibility index (Phi) is 5.69. The first-order valence-electron chi connectivity index (χ1n) is 9.44. The quantitative estimate of drug-likeness (QED) is 0.594. The summed E-state index contributed by atoms with van der Waals surface area (Å²) in [4.78, 5) is 19.2. The van der Waals surface area contributed by atoms with Gasteiger partial charge < -0.3 is 14.6 Å². The van der Waals surface area contributed by atoms with Crippen molar-refractivity contribution in [2.75, 3.05) is 23.3 Å². The molecule has 1 aromatic carbocycles. The number of aryl methyl sites for hydroxylation is 1. The molecule has 1 saturated heterocycles. The van der Waals surface area contributed by atoms with Crippen molar-refractivity contribution in [1.82, 2.24) is 4.98 Å². The molecule has 1 aliphatic heterocycles. The number of carbonyl (C=O) groups excluding carboxylic acids is 1. The lowest BCUT2D eigenvalue weighted by molar-refractivity contribution is -0.115. The number of hydrogen-bond donors (Lipinski definition) is 1. The highest BCUT2D eigenvalue weighted by Crippen LogP contribution is 2.31. The molecule has 0 spiro atoms. The Morgan fingerprint density at radius 3 is 2.79 bits per heavy atom. The predicted octanol–water partition coefficient (Wildman–Crippen LogP) is 5.54. The minimum Gasteiger partial charge on any atom is -0.459 e. The van der Waals surface area contributed by atoms with Crippen molar-refractivity contribution in [2.45, 2.75) is 32.6 Å². The van der Waals surface area contributed by atoms with Crippen LogP contribution in [-0.2, 0) is 11.2 Å². The molecule has 2 aromatic heterocycles. The SMILES string of the molecule is Cc1ccc(-c2nc(CC(=O)Nc3ccc(N4CCCCC4)c(Cl)c3)cs2)o1. The van der Waals surface area contributed by atoms with E-state index in [0.717, 1.165) is 41.0 Å². The standard InChI is InChI=1S/C21H22ClN3O2S/c1-14-5-8-19(27-14)21-24-16(13-28-21)12-20(26)23-15-6-7-18(17(22)11-15)25-9-3-2-4-10-25/h5-8,11,13H,2-4,9-10,12H2,1H3,(H,23,26). The molecule has 146 valence electrons. The maximum atomic E-state index is 12.4. The van der Waals surface area contributed by atoms with Gasteiger partial charge in [0.25, 0.3) is 0 Å². The van der Waals surface area contributed by atoms with Gasteiger partial charge in [-0.1, -0.05) is 11.6 Å². The van der Waals surface area contributed by atoms with Gasteiger partial charge in [0.15, 0.2) is 10.8 Å². The zero-order valence-corrected chi connectivity index (χ0v) is 17.3. The van der Waals surface area contributed by atoms with Crippen LogP contribution in [0.1, 0.15) is 30.7 Å². The van der Waals surface area contributed by atoms with E-state index in [1.54, 1.807) is 0 Å². The van der Waals surface area contributed by atoms with Gasteiger partial charge in [0.2, 0.25) is 5.91 Å². The summed E-state index contributed by atoms with van der Waals surface area (Å²) in [6.45, 7) is 3.96. The van der Waals surface area contributed by atoms with Crippen LogP contribution in [-0.4, -0.2) is 24.0 Å². The van der Waals surface area contributed by atoms with E-state index < -0.39 is 0 Å². The maximum Gasteiger partial charge on any atom is 0.230 e. The highest BCUT2D eigenvalue weighted by molar-refractivity contribution is 7.13. The number of anilines is 2. The van der Waals surface area contributed by atoms with Crippen LogP contribution in [0, 0.1) is 6.92 Å². The molecule has 0 atom stereocenters. The lowest BCUT2D eigenvalue weighted by Gasteiger charge is -2.29. The number of aromatic nitrogens is 1. The molecule has 4 rings (SSSR count). The third-order valence-corrected chi connectivity index (χ3v) is 5.98. The van der Waals surface area contributed by atoms with Crippen LogP contribution in [0.25, 0.3) is 10.8 Å². The molecule has 1 aliphatic rings. The first-order chi connectivity index (χ1) is 13.6. The van der Waals surface area contributed by atoms with Gasteiger partial charge in [-0.2, -0.15) is 0 Å². The van der Waals surface area contributed by atoms with Gasteiger partial charge in [-0.15, -0.1) is 11.3 Å². The Morgan fingerprint density at radius 2 is 2.07 bits per heavy atom. The van der Waals surface area contributed by atoms with E-state index in [0.29, 0.717) is 10.7 Å². The third-order valence-electron chi connectivity index (χ3n) is 4.77. The fraction of sp³-hybridized carbons (Fsp3) is 0.333. The molecule has 0 saturated carbocycles. The van der Waals surface area contributed by atoms with Crippen molar-refractivity contribution in [3.8, 4) is 10.8 Å². The summed E-state index contributed by atoms with van der Waals surface area (Å²) in [5.74, 6) is 1.46. The number of halogens is 1. The molecular formula is C21H22ClN3O2S. The summed E-state index contributed by atoms with van der Waals surface area (Å²) in [7, 11) is 0. The van der Waals surface area contributed by atoms with Gasteiger partial charge in [0.05, 0.1) is 22.8 Å². The second kappa shape index (κ2) is 8.37. The Bertz CT molecular complexity index is 976. The summed E-state index contributed by atoms with van der Waals surface area (Å²) in [5.41, 5.74) is 2.47. The molecule has 1 amide bonds. The third kappa shape index (κ3) is 4.39. The number of piperidine rings is 1. The van der Waals surface area contributed by atoms with Gasteiger partial charge in [0.1, 0.15) is 5.76 Å². The smallest absolute Gasteiger partial charge is 0.230 e. The van der Waals surface area contributed by atoms with Crippen LogP contribution < -0.4 is 10.2 Å². The van der Waals surface area contributed by atoms with E-state index in [-0.39, 0.29) is 12.3 Å². The number of carbonyl (C=O) groups is 1. The summed E-state index contributed by atoms with van der Waals surface area (Å²) in [6.07, 6.45) is 3.88. The van der Waals surface area contributed by atoms with E-state index in [2.05, 4.69) is 15.2 Å². The Labute approximate surface area is 173 Å². The summed E-state index contributed by atoms with van der Waals surface area (Å²) < 4.78 is 5.59. The largest absolute Gasteiger partial charge is 0.459 e. The molecule has 7 heteroatoms. The molecular weight excluding hydrogens is 394 g/mol. The minimum absolute atomic E-state index is 0.116. The molecule has 1 N–H and O–H groups in total. The van der Waals surface area contributed by atoms with Crippen LogP contribution >= 0.6 is 22.9 Å². The number of amides is 1. The molecule has 5 nitrogen and oxygen atoms in total. The molecule has 3 aromatic rings. The second-order valence-corrected chi connectivity index (χ2v) is 8.26. The van der Waals surface area contributed by atoms with Gasteiger partial charge in [-0.3, -0.25) is 4.79 Å². The van der Waals surface area contributed by atoms with Crippen LogP contribution in [0.2, 0.25) is 5.02 Å². The number of nitrogens with one attached hydrogen (secondary N) is 1. The van der Waals surface area contributed by atoms with Crippen molar-refractivity contribution in [2.24, 2.45) is 0 Å². The van der Waals surface area contributed by atoms with Gasteiger partial charge in [0, 0.05) is 24.2 Å². The summed E-state index contributed by atoms with van der Waals surface area (Å²) >= 11 is 7.94. The maximum absolute atomic E-state index is 12.4. The van der Waals surface area contributed by atoms with Crippen LogP contribution in [0.15, 0.2) is 40.1 Å². The molecule has 28 heavy (non-hydrogen) atoms. The number of furan rings is 1. The van der Waals surface area contributed by atoms with E-state index in [9.17, 15) is 4.79 Å². The van der Waals surface area contributed by atoms with Crippen molar-refractivity contribution >= 4 is 40.2 Å². The van der Waals surface area contributed by atoms with Gasteiger partial charge in [-0.25, -0.2) is 4.98 Å². The van der Waals surface area contributed by atoms with Gasteiger partial charge >= 0.3 is 0 Å². The number of rotatable bonds is 5. The van der Waals surface area contributed by atoms with E-state index in [1.165, 1.54) is 30.6 Å². The fourth-order valence-electron chi connectivity index (χ4n) is 3.40. The summed E-state index contributed by atoms with van der Waals surface area (Å²) in [5, 5.41) is 6.25. The first kappa shape index (κ1) is 19.0. The number of hydrogen-bond acceptors (Lipinski definition) is 5. The van der Waals surface area contributed by atoms with Crippen molar-refractivity contribution in [1.29, 1.82) is 0 Å². The summed E-state index contributed by atoms with van der Waals surface area (Å²) in [6, 6.07) is 9.51. The molecule has 0 unspecified atom stereocenters. The fourth-order valence-corrected chi connectivity index (χ4v) is 4.48.